The number of carbonyl (C=O) groups is 2. The molecule has 0 radical (unpaired) electrons. The average Bonchev–Trinajstić information content (AvgIpc) is 3.01. The predicted molar refractivity (Wildman–Crippen MR) is 173 cm³/mol. The Morgan fingerprint density at radius 2 is 1.63 bits per heavy atom. The maximum absolute atomic E-state index is 14.3. The van der Waals surface area contributed by atoms with Crippen molar-refractivity contribution >= 4 is 39.1 Å². The molecule has 1 N–H and O–H groups in total. The van der Waals surface area contributed by atoms with Crippen molar-refractivity contribution in [3.63, 3.8) is 0 Å². The molecule has 1 aliphatic carbocycles. The molecule has 7 nitrogen and oxygen atoms in total. The van der Waals surface area contributed by atoms with Crippen LogP contribution in [-0.2, 0) is 32.3 Å². The van der Waals surface area contributed by atoms with Crippen molar-refractivity contribution in [1.29, 1.82) is 0 Å². The van der Waals surface area contributed by atoms with Gasteiger partial charge in [0.15, 0.2) is 0 Å². The summed E-state index contributed by atoms with van der Waals surface area (Å²) in [6.45, 7) is 4.53. The summed E-state index contributed by atoms with van der Waals surface area (Å²) in [5.74, 6) is -1.09. The topological polar surface area (TPSA) is 86.8 Å². The number of aryl methyl sites for hydroxylation is 2. The molecule has 0 unspecified atom stereocenters. The lowest BCUT2D eigenvalue weighted by atomic mass is 9.95. The minimum Gasteiger partial charge on any atom is -0.352 e. The van der Waals surface area contributed by atoms with E-state index in [0.29, 0.717) is 10.4 Å². The van der Waals surface area contributed by atoms with E-state index in [1.807, 2.05) is 25.1 Å². The molecule has 0 bridgehead atoms. The van der Waals surface area contributed by atoms with Crippen molar-refractivity contribution in [3.8, 4) is 0 Å². The minimum absolute atomic E-state index is 0.00502. The summed E-state index contributed by atoms with van der Waals surface area (Å²) >= 11 is 5.86. The number of amides is 2. The molecule has 1 atom stereocenters. The molecule has 0 spiro atoms. The molecule has 3 aromatic rings. The van der Waals surface area contributed by atoms with Crippen LogP contribution in [0.5, 0.6) is 0 Å². The van der Waals surface area contributed by atoms with Crippen LogP contribution < -0.4 is 9.62 Å². The maximum Gasteiger partial charge on any atom is 0.417 e. The van der Waals surface area contributed by atoms with Crippen LogP contribution in [0.3, 0.4) is 0 Å². The fourth-order valence-corrected chi connectivity index (χ4v) is 7.32. The van der Waals surface area contributed by atoms with Gasteiger partial charge in [0, 0.05) is 12.6 Å². The lowest BCUT2D eigenvalue weighted by Gasteiger charge is -2.35. The Morgan fingerprint density at radius 1 is 0.978 bits per heavy atom. The monoisotopic (exact) mass is 677 g/mol. The Morgan fingerprint density at radius 3 is 2.24 bits per heavy atom. The second-order valence-electron chi connectivity index (χ2n) is 11.7. The van der Waals surface area contributed by atoms with E-state index >= 15 is 0 Å². The summed E-state index contributed by atoms with van der Waals surface area (Å²) in [7, 11) is -4.56. The van der Waals surface area contributed by atoms with Crippen LogP contribution in [0.2, 0.25) is 5.02 Å². The predicted octanol–water partition coefficient (Wildman–Crippen LogP) is 7.43. The van der Waals surface area contributed by atoms with Crippen LogP contribution in [-0.4, -0.2) is 43.8 Å². The molecule has 0 aromatic heterocycles. The first-order valence-electron chi connectivity index (χ1n) is 15.3. The third-order valence-corrected chi connectivity index (χ3v) is 10.5. The standard InChI is InChI=1S/C34H39ClF3N3O4S/c1-4-31(33(43)39-26-12-6-5-7-13-26)40(21-25-11-9-8-10-24(25)3)32(42)22-41(46(44,45)28-17-14-23(2)15-18-28)27-16-19-30(35)29(20-27)34(36,37)38/h8-11,14-20,26,31H,4-7,12-13,21-22H2,1-3H3,(H,39,43)/t31-/m0/s1. The number of halogens is 4. The summed E-state index contributed by atoms with van der Waals surface area (Å²) in [4.78, 5) is 29.1. The molecule has 0 saturated heterocycles. The fraction of sp³-hybridized carbons (Fsp3) is 0.412. The number of nitrogens with zero attached hydrogens (tertiary/aromatic N) is 2. The third kappa shape index (κ3) is 8.41. The first-order chi connectivity index (χ1) is 21.7. The molecule has 2 amide bonds. The van der Waals surface area contributed by atoms with Gasteiger partial charge < -0.3 is 10.2 Å². The van der Waals surface area contributed by atoms with Crippen LogP contribution in [0, 0.1) is 13.8 Å². The van der Waals surface area contributed by atoms with Crippen molar-refractivity contribution in [2.45, 2.75) is 89.0 Å². The van der Waals surface area contributed by atoms with Crippen molar-refractivity contribution in [3.05, 3.63) is 94.0 Å². The zero-order valence-electron chi connectivity index (χ0n) is 26.1. The van der Waals surface area contributed by atoms with Crippen LogP contribution in [0.1, 0.15) is 67.7 Å². The molecule has 1 fully saturated rings. The van der Waals surface area contributed by atoms with E-state index in [1.165, 1.54) is 17.0 Å². The Hall–Kier alpha value is -3.57. The fourth-order valence-electron chi connectivity index (χ4n) is 5.69. The van der Waals surface area contributed by atoms with Crippen molar-refractivity contribution < 1.29 is 31.2 Å². The lowest BCUT2D eigenvalue weighted by molar-refractivity contribution is -0.140. The van der Waals surface area contributed by atoms with E-state index in [1.54, 1.807) is 32.0 Å². The molecule has 248 valence electrons. The smallest absolute Gasteiger partial charge is 0.352 e. The summed E-state index contributed by atoms with van der Waals surface area (Å²) in [6.07, 6.45) is 0.0788. The number of benzene rings is 3. The molecular formula is C34H39ClF3N3O4S. The summed E-state index contributed by atoms with van der Waals surface area (Å²) in [5, 5.41) is 2.47. The van der Waals surface area contributed by atoms with Gasteiger partial charge in [-0.15, -0.1) is 0 Å². The number of rotatable bonds is 11. The zero-order chi connectivity index (χ0) is 33.6. The highest BCUT2D eigenvalue weighted by molar-refractivity contribution is 7.92. The van der Waals surface area contributed by atoms with Crippen molar-refractivity contribution in [2.75, 3.05) is 10.8 Å². The van der Waals surface area contributed by atoms with E-state index < -0.39 is 45.3 Å². The largest absolute Gasteiger partial charge is 0.417 e. The van der Waals surface area contributed by atoms with Gasteiger partial charge in [-0.2, -0.15) is 13.2 Å². The van der Waals surface area contributed by atoms with Crippen LogP contribution in [0.4, 0.5) is 18.9 Å². The van der Waals surface area contributed by atoms with E-state index in [0.717, 1.165) is 60.9 Å². The van der Waals surface area contributed by atoms with E-state index in [2.05, 4.69) is 5.32 Å². The summed E-state index contributed by atoms with van der Waals surface area (Å²) in [6, 6.07) is 14.8. The second kappa shape index (κ2) is 14.9. The van der Waals surface area contributed by atoms with Crippen LogP contribution >= 0.6 is 11.6 Å². The first-order valence-corrected chi connectivity index (χ1v) is 17.1. The number of nitrogens with one attached hydrogen (secondary N) is 1. The number of alkyl halides is 3. The Labute approximate surface area is 273 Å². The van der Waals surface area contributed by atoms with Crippen molar-refractivity contribution in [2.24, 2.45) is 0 Å². The Balaban J connectivity index is 1.78. The van der Waals surface area contributed by atoms with E-state index in [9.17, 15) is 31.2 Å². The van der Waals surface area contributed by atoms with Gasteiger partial charge >= 0.3 is 6.18 Å². The van der Waals surface area contributed by atoms with Gasteiger partial charge in [0.2, 0.25) is 11.8 Å². The SMILES string of the molecule is CC[C@@H](C(=O)NC1CCCCC1)N(Cc1ccccc1C)C(=O)CN(c1ccc(Cl)c(C(F)(F)F)c1)S(=O)(=O)c1ccc(C)cc1. The normalized spacial score (nSPS) is 14.8. The van der Waals surface area contributed by atoms with Gasteiger partial charge in [-0.05, 0) is 74.6 Å². The molecular weight excluding hydrogens is 639 g/mol. The highest BCUT2D eigenvalue weighted by atomic mass is 35.5. The maximum atomic E-state index is 14.3. The number of sulfonamides is 1. The second-order valence-corrected chi connectivity index (χ2v) is 14.0. The van der Waals surface area contributed by atoms with E-state index in [4.69, 9.17) is 11.6 Å². The molecule has 12 heteroatoms. The molecule has 4 rings (SSSR count). The average molecular weight is 678 g/mol. The molecule has 1 saturated carbocycles. The number of anilines is 1. The van der Waals surface area contributed by atoms with Crippen LogP contribution in [0.25, 0.3) is 0 Å². The minimum atomic E-state index is -4.88. The summed E-state index contributed by atoms with van der Waals surface area (Å²) < 4.78 is 70.4. The van der Waals surface area contributed by atoms with Gasteiger partial charge in [-0.25, -0.2) is 8.42 Å². The van der Waals surface area contributed by atoms with Gasteiger partial charge in [0.05, 0.1) is 21.2 Å². The number of carbonyl (C=O) groups excluding carboxylic acids is 2. The van der Waals surface area contributed by atoms with Gasteiger partial charge in [0.1, 0.15) is 12.6 Å². The number of hydrogen-bond acceptors (Lipinski definition) is 4. The van der Waals surface area contributed by atoms with Gasteiger partial charge in [-0.1, -0.05) is 79.7 Å². The first kappa shape index (κ1) is 35.3. The van der Waals surface area contributed by atoms with E-state index in [-0.39, 0.29) is 35.5 Å². The lowest BCUT2D eigenvalue weighted by Crippen LogP contribution is -2.54. The molecule has 3 aromatic carbocycles. The Bertz CT molecular complexity index is 1640. The van der Waals surface area contributed by atoms with Gasteiger partial charge in [-0.3, -0.25) is 13.9 Å². The highest BCUT2D eigenvalue weighted by Gasteiger charge is 2.37. The summed E-state index contributed by atoms with van der Waals surface area (Å²) in [5.41, 5.74) is 0.754. The molecule has 0 heterocycles. The third-order valence-electron chi connectivity index (χ3n) is 8.37. The molecule has 0 aliphatic heterocycles. The molecule has 1 aliphatic rings. The molecule has 46 heavy (non-hydrogen) atoms. The van der Waals surface area contributed by atoms with Crippen LogP contribution in [0.15, 0.2) is 71.6 Å². The number of hydrogen-bond donors (Lipinski definition) is 1. The quantitative estimate of drug-likeness (QED) is 0.229. The highest BCUT2D eigenvalue weighted by Crippen LogP contribution is 2.38. The van der Waals surface area contributed by atoms with Gasteiger partial charge in [0.25, 0.3) is 10.0 Å². The zero-order valence-corrected chi connectivity index (χ0v) is 27.7. The Kier molecular flexibility index (Phi) is 11.4. The van der Waals surface area contributed by atoms with Crippen molar-refractivity contribution in [1.82, 2.24) is 10.2 Å².